The molecule has 1 aromatic heterocycles. The number of amides is 2. The van der Waals surface area contributed by atoms with Crippen molar-refractivity contribution in [2.75, 3.05) is 13.1 Å². The molecule has 0 bridgehead atoms. The van der Waals surface area contributed by atoms with Crippen LogP contribution in [-0.2, 0) is 6.54 Å². The van der Waals surface area contributed by atoms with Crippen LogP contribution < -0.4 is 5.32 Å². The topological polar surface area (TPSA) is 62.3 Å². The van der Waals surface area contributed by atoms with E-state index in [4.69, 9.17) is 0 Å². The van der Waals surface area contributed by atoms with Gasteiger partial charge in [0, 0.05) is 32.0 Å². The molecule has 3 rings (SSSR count). The van der Waals surface area contributed by atoms with Crippen molar-refractivity contribution in [1.82, 2.24) is 15.2 Å². The van der Waals surface area contributed by atoms with Gasteiger partial charge in [-0.3, -0.25) is 14.6 Å². The number of benzene rings is 1. The zero-order valence-corrected chi connectivity index (χ0v) is 13.9. The third-order valence-electron chi connectivity index (χ3n) is 4.26. The Morgan fingerprint density at radius 1 is 1.04 bits per heavy atom. The fourth-order valence-electron chi connectivity index (χ4n) is 2.85. The van der Waals surface area contributed by atoms with Gasteiger partial charge in [0.05, 0.1) is 11.1 Å². The number of carbonyl (C=O) groups is 2. The highest BCUT2D eigenvalue weighted by molar-refractivity contribution is 5.99. The molecule has 0 spiro atoms. The lowest BCUT2D eigenvalue weighted by Crippen LogP contribution is -2.35. The highest BCUT2D eigenvalue weighted by Gasteiger charge is 2.19. The summed E-state index contributed by atoms with van der Waals surface area (Å²) >= 11 is 0. The van der Waals surface area contributed by atoms with E-state index >= 15 is 0 Å². The number of pyridine rings is 1. The van der Waals surface area contributed by atoms with Crippen molar-refractivity contribution in [3.05, 3.63) is 65.2 Å². The molecule has 1 saturated heterocycles. The molecule has 25 heavy (non-hydrogen) atoms. The van der Waals surface area contributed by atoms with E-state index in [1.165, 1.54) is 24.5 Å². The van der Waals surface area contributed by atoms with Gasteiger partial charge in [0.15, 0.2) is 0 Å². The first kappa shape index (κ1) is 17.1. The molecule has 0 atom stereocenters. The second kappa shape index (κ2) is 7.88. The molecule has 2 amide bonds. The Balaban J connectivity index is 1.64. The Morgan fingerprint density at radius 3 is 2.44 bits per heavy atom. The highest BCUT2D eigenvalue weighted by Crippen LogP contribution is 2.13. The van der Waals surface area contributed by atoms with Gasteiger partial charge >= 0.3 is 0 Å². The first-order chi connectivity index (χ1) is 12.1. The Labute approximate surface area is 145 Å². The van der Waals surface area contributed by atoms with E-state index in [0.717, 1.165) is 37.9 Å². The largest absolute Gasteiger partial charge is 0.348 e. The smallest absolute Gasteiger partial charge is 0.255 e. The molecule has 2 heterocycles. The van der Waals surface area contributed by atoms with Crippen molar-refractivity contribution in [3.63, 3.8) is 0 Å². The van der Waals surface area contributed by atoms with E-state index in [1.54, 1.807) is 23.1 Å². The van der Waals surface area contributed by atoms with Gasteiger partial charge in [0.2, 0.25) is 0 Å². The SMILES string of the molecule is O=C(NCc1ccc(F)cc1)c1cncc(C(=O)N2CCCCC2)c1. The molecule has 1 aromatic carbocycles. The van der Waals surface area contributed by atoms with Gasteiger partial charge in [0.1, 0.15) is 5.82 Å². The van der Waals surface area contributed by atoms with E-state index in [2.05, 4.69) is 10.3 Å². The second-order valence-corrected chi connectivity index (χ2v) is 6.12. The number of carbonyl (C=O) groups excluding carboxylic acids is 2. The molecule has 0 aliphatic carbocycles. The monoisotopic (exact) mass is 341 g/mol. The molecule has 1 aliphatic rings. The summed E-state index contributed by atoms with van der Waals surface area (Å²) in [7, 11) is 0. The number of aromatic nitrogens is 1. The van der Waals surface area contributed by atoms with Crippen LogP contribution in [0, 0.1) is 5.82 Å². The summed E-state index contributed by atoms with van der Waals surface area (Å²) in [5.41, 5.74) is 1.56. The van der Waals surface area contributed by atoms with Crippen molar-refractivity contribution < 1.29 is 14.0 Å². The van der Waals surface area contributed by atoms with Gasteiger partial charge in [0.25, 0.3) is 11.8 Å². The molecular formula is C19H20FN3O2. The van der Waals surface area contributed by atoms with Crippen molar-refractivity contribution >= 4 is 11.8 Å². The number of halogens is 1. The Kier molecular flexibility index (Phi) is 5.38. The van der Waals surface area contributed by atoms with Crippen LogP contribution in [0.15, 0.2) is 42.7 Å². The Bertz CT molecular complexity index is 756. The van der Waals surface area contributed by atoms with E-state index in [-0.39, 0.29) is 24.2 Å². The van der Waals surface area contributed by atoms with E-state index in [9.17, 15) is 14.0 Å². The molecule has 2 aromatic rings. The molecule has 1 aliphatic heterocycles. The van der Waals surface area contributed by atoms with Crippen molar-refractivity contribution in [2.24, 2.45) is 0 Å². The maximum absolute atomic E-state index is 12.9. The van der Waals surface area contributed by atoms with Crippen molar-refractivity contribution in [2.45, 2.75) is 25.8 Å². The van der Waals surface area contributed by atoms with Crippen LogP contribution in [0.25, 0.3) is 0 Å². The predicted molar refractivity (Wildman–Crippen MR) is 91.6 cm³/mol. The number of rotatable bonds is 4. The average Bonchev–Trinajstić information content (AvgIpc) is 2.67. The van der Waals surface area contributed by atoms with Crippen molar-refractivity contribution in [3.8, 4) is 0 Å². The third-order valence-corrected chi connectivity index (χ3v) is 4.26. The van der Waals surface area contributed by atoms with Gasteiger partial charge < -0.3 is 10.2 Å². The fourth-order valence-corrected chi connectivity index (χ4v) is 2.85. The summed E-state index contributed by atoms with van der Waals surface area (Å²) in [6.45, 7) is 1.78. The minimum atomic E-state index is -0.316. The van der Waals surface area contributed by atoms with E-state index in [0.29, 0.717) is 11.1 Å². The van der Waals surface area contributed by atoms with E-state index < -0.39 is 0 Å². The van der Waals surface area contributed by atoms with Crippen LogP contribution in [-0.4, -0.2) is 34.8 Å². The van der Waals surface area contributed by atoms with Crippen LogP contribution >= 0.6 is 0 Å². The lowest BCUT2D eigenvalue weighted by molar-refractivity contribution is 0.0724. The number of hydrogen-bond acceptors (Lipinski definition) is 3. The molecule has 0 radical (unpaired) electrons. The summed E-state index contributed by atoms with van der Waals surface area (Å²) in [6.07, 6.45) is 6.10. The van der Waals surface area contributed by atoms with Gasteiger partial charge in [-0.1, -0.05) is 12.1 Å². The maximum atomic E-state index is 12.9. The minimum absolute atomic E-state index is 0.0830. The number of piperidine rings is 1. The molecule has 1 fully saturated rings. The standard InChI is InChI=1S/C19H20FN3O2/c20-17-6-4-14(5-7-17)11-22-18(24)15-10-16(13-21-12-15)19(25)23-8-2-1-3-9-23/h4-7,10,12-13H,1-3,8-9,11H2,(H,22,24). The zero-order valence-electron chi connectivity index (χ0n) is 13.9. The Morgan fingerprint density at radius 2 is 1.72 bits per heavy atom. The lowest BCUT2D eigenvalue weighted by atomic mass is 10.1. The van der Waals surface area contributed by atoms with E-state index in [1.807, 2.05) is 0 Å². The molecule has 0 unspecified atom stereocenters. The molecular weight excluding hydrogens is 321 g/mol. The second-order valence-electron chi connectivity index (χ2n) is 6.12. The number of nitrogens with one attached hydrogen (secondary N) is 1. The summed E-state index contributed by atoms with van der Waals surface area (Å²) < 4.78 is 12.9. The first-order valence-electron chi connectivity index (χ1n) is 8.40. The molecule has 6 heteroatoms. The number of likely N-dealkylation sites (tertiary alicyclic amines) is 1. The molecule has 5 nitrogen and oxygen atoms in total. The highest BCUT2D eigenvalue weighted by atomic mass is 19.1. The number of hydrogen-bond donors (Lipinski definition) is 1. The average molecular weight is 341 g/mol. The van der Waals surface area contributed by atoms with Gasteiger partial charge in [-0.2, -0.15) is 0 Å². The number of nitrogens with zero attached hydrogens (tertiary/aromatic N) is 2. The summed E-state index contributed by atoms with van der Waals surface area (Å²) in [5, 5.41) is 2.75. The van der Waals surface area contributed by atoms with Crippen LogP contribution in [0.3, 0.4) is 0 Å². The van der Waals surface area contributed by atoms with Gasteiger partial charge in [-0.05, 0) is 43.0 Å². The summed E-state index contributed by atoms with van der Waals surface area (Å²) in [4.78, 5) is 30.6. The first-order valence-corrected chi connectivity index (χ1v) is 8.40. The van der Waals surface area contributed by atoms with Crippen LogP contribution in [0.2, 0.25) is 0 Å². The van der Waals surface area contributed by atoms with Gasteiger partial charge in [-0.25, -0.2) is 4.39 Å². The zero-order chi connectivity index (χ0) is 17.6. The molecule has 1 N–H and O–H groups in total. The normalized spacial score (nSPS) is 14.2. The predicted octanol–water partition coefficient (Wildman–Crippen LogP) is 2.78. The lowest BCUT2D eigenvalue weighted by Gasteiger charge is -2.26. The van der Waals surface area contributed by atoms with Crippen LogP contribution in [0.4, 0.5) is 4.39 Å². The molecule has 130 valence electrons. The summed E-state index contributed by atoms with van der Waals surface area (Å²) in [6, 6.07) is 7.50. The third kappa shape index (κ3) is 4.41. The minimum Gasteiger partial charge on any atom is -0.348 e. The fraction of sp³-hybridized carbons (Fsp3) is 0.316. The maximum Gasteiger partial charge on any atom is 0.255 e. The Hall–Kier alpha value is -2.76. The van der Waals surface area contributed by atoms with Gasteiger partial charge in [-0.15, -0.1) is 0 Å². The quantitative estimate of drug-likeness (QED) is 0.930. The summed E-state index contributed by atoms with van der Waals surface area (Å²) in [5.74, 6) is -0.714. The molecule has 0 saturated carbocycles. The van der Waals surface area contributed by atoms with Crippen LogP contribution in [0.1, 0.15) is 45.5 Å². The van der Waals surface area contributed by atoms with Crippen molar-refractivity contribution in [1.29, 1.82) is 0 Å². The van der Waals surface area contributed by atoms with Crippen LogP contribution in [0.5, 0.6) is 0 Å².